The van der Waals surface area contributed by atoms with Gasteiger partial charge in [-0.2, -0.15) is 9.55 Å². The van der Waals surface area contributed by atoms with Gasteiger partial charge in [-0.25, -0.2) is 23.8 Å². The molecule has 0 radical (unpaired) electrons. The highest BCUT2D eigenvalue weighted by Gasteiger charge is 2.64. The summed E-state index contributed by atoms with van der Waals surface area (Å²) in [5.41, 5.74) is -4.67. The van der Waals surface area contributed by atoms with Crippen LogP contribution in [-0.2, 0) is 43.5 Å². The van der Waals surface area contributed by atoms with Crippen molar-refractivity contribution in [3.8, 4) is 0 Å². The molecule has 1 aromatic heterocycles. The Hall–Kier alpha value is -3.12. The molecule has 3 aliphatic heterocycles. The Kier molecular flexibility index (Phi) is 9.20. The molecular formula is C27H41N4O14P. The number of carbonyl (C=O) groups is 3. The summed E-state index contributed by atoms with van der Waals surface area (Å²) >= 11 is 0. The number of ether oxygens (including phenoxy) is 4. The molecule has 0 spiro atoms. The molecule has 46 heavy (non-hydrogen) atoms. The normalized spacial score (nSPS) is 27.4. The molecule has 258 valence electrons. The first-order chi connectivity index (χ1) is 20.9. The molecule has 1 aromatic rings. The van der Waals surface area contributed by atoms with Crippen LogP contribution in [0.25, 0.3) is 0 Å². The molecular weight excluding hydrogens is 635 g/mol. The second-order valence-corrected chi connectivity index (χ2v) is 15.7. The van der Waals surface area contributed by atoms with Crippen molar-refractivity contribution in [1.29, 1.82) is 0 Å². The van der Waals surface area contributed by atoms with Gasteiger partial charge in [-0.3, -0.25) is 23.7 Å². The second-order valence-electron chi connectivity index (χ2n) is 13.9. The number of hydrogen-bond donors (Lipinski definition) is 3. The smallest absolute Gasteiger partial charge is 0.444 e. The van der Waals surface area contributed by atoms with Gasteiger partial charge in [0.05, 0.1) is 18.1 Å². The molecule has 0 saturated carbocycles. The van der Waals surface area contributed by atoms with Crippen molar-refractivity contribution < 1.29 is 61.7 Å². The van der Waals surface area contributed by atoms with E-state index in [1.54, 1.807) is 62.3 Å². The monoisotopic (exact) mass is 676 g/mol. The lowest BCUT2D eigenvalue weighted by Gasteiger charge is -2.54. The van der Waals surface area contributed by atoms with Crippen LogP contribution in [0.1, 0.15) is 67.9 Å². The maximum Gasteiger partial charge on any atom is 0.475 e. The lowest BCUT2D eigenvalue weighted by Crippen LogP contribution is -2.71. The predicted molar refractivity (Wildman–Crippen MR) is 157 cm³/mol. The van der Waals surface area contributed by atoms with E-state index < -0.39 is 103 Å². The number of nitrogens with one attached hydrogen (secondary N) is 1. The zero-order chi connectivity index (χ0) is 34.8. The Labute approximate surface area is 264 Å². The Morgan fingerprint density at radius 2 is 1.54 bits per heavy atom. The molecule has 5 unspecified atom stereocenters. The van der Waals surface area contributed by atoms with Gasteiger partial charge >= 0.3 is 26.1 Å². The molecule has 4 rings (SSSR count). The number of nitrogens with zero attached hydrogens (tertiary/aromatic N) is 3. The van der Waals surface area contributed by atoms with Gasteiger partial charge in [0, 0.05) is 7.11 Å². The fourth-order valence-corrected chi connectivity index (χ4v) is 6.10. The summed E-state index contributed by atoms with van der Waals surface area (Å²) in [7, 11) is -3.18. The summed E-state index contributed by atoms with van der Waals surface area (Å²) in [5, 5.41) is 25.3. The van der Waals surface area contributed by atoms with Gasteiger partial charge in [0.1, 0.15) is 22.9 Å². The van der Waals surface area contributed by atoms with Gasteiger partial charge in [0.15, 0.2) is 18.1 Å². The summed E-state index contributed by atoms with van der Waals surface area (Å²) in [6.07, 6.45) is -8.61. The third-order valence-corrected chi connectivity index (χ3v) is 8.06. The maximum absolute atomic E-state index is 14.1. The van der Waals surface area contributed by atoms with Gasteiger partial charge in [-0.15, -0.1) is 0 Å². The largest absolute Gasteiger partial charge is 0.475 e. The molecule has 2 fully saturated rings. The minimum absolute atomic E-state index is 0.371. The Morgan fingerprint density at radius 3 is 2.09 bits per heavy atom. The molecule has 4 heterocycles. The van der Waals surface area contributed by atoms with Crippen LogP contribution in [0.15, 0.2) is 4.79 Å². The number of anilines is 2. The van der Waals surface area contributed by atoms with E-state index >= 15 is 0 Å². The topological polar surface area (TPSA) is 224 Å². The Balaban J connectivity index is 1.93. The van der Waals surface area contributed by atoms with Crippen molar-refractivity contribution >= 4 is 37.9 Å². The highest BCUT2D eigenvalue weighted by molar-refractivity contribution is 7.48. The standard InChI is InChI=1S/C27H41N4O14P/c1-24(2,3)42-21(33)29-20-28-17-13(18(32)31(20)23(35)44-26(7,8)9)11-14-19(30(17)22(34)43-25(4,5)6)41-15-12-40-46(38,39-10)45-16(15)27(14,36)37/h14-16,19,36-37H,11-12H2,1-10H3,(H,28,29,33). The van der Waals surface area contributed by atoms with E-state index in [9.17, 15) is 34.0 Å². The zero-order valence-corrected chi connectivity index (χ0v) is 28.2. The highest BCUT2D eigenvalue weighted by Crippen LogP contribution is 2.57. The Bertz CT molecular complexity index is 1510. The molecule has 3 N–H and O–H groups in total. The van der Waals surface area contributed by atoms with E-state index in [1.807, 2.05) is 0 Å². The minimum atomic E-state index is -4.22. The molecule has 2 amide bonds. The maximum atomic E-state index is 14.1. The van der Waals surface area contributed by atoms with Crippen LogP contribution in [0.4, 0.5) is 26.1 Å². The van der Waals surface area contributed by atoms with E-state index in [0.29, 0.717) is 4.57 Å². The van der Waals surface area contributed by atoms with Crippen molar-refractivity contribution in [3.63, 3.8) is 0 Å². The molecule has 0 aromatic carbocycles. The summed E-state index contributed by atoms with van der Waals surface area (Å²) in [6, 6.07) is 0. The molecule has 0 aliphatic carbocycles. The fourth-order valence-electron chi connectivity index (χ4n) is 4.95. The summed E-state index contributed by atoms with van der Waals surface area (Å²) in [6.45, 7) is 13.6. The van der Waals surface area contributed by atoms with Crippen LogP contribution >= 0.6 is 7.82 Å². The predicted octanol–water partition coefficient (Wildman–Crippen LogP) is 2.86. The number of carbonyl (C=O) groups excluding carboxylic acids is 3. The first kappa shape index (κ1) is 35.7. The fraction of sp³-hybridized carbons (Fsp3) is 0.741. The third-order valence-electron chi connectivity index (χ3n) is 6.66. The number of aliphatic hydroxyl groups is 2. The summed E-state index contributed by atoms with van der Waals surface area (Å²) in [4.78, 5) is 59.2. The molecule has 19 heteroatoms. The van der Waals surface area contributed by atoms with E-state index in [2.05, 4.69) is 10.3 Å². The number of phosphoric ester groups is 1. The first-order valence-electron chi connectivity index (χ1n) is 14.4. The number of rotatable bonds is 2. The molecule has 3 aliphatic rings. The molecule has 5 atom stereocenters. The van der Waals surface area contributed by atoms with E-state index in [4.69, 9.17) is 32.5 Å². The SMILES string of the molecule is COP1(=O)OCC2OC3C(Cc4c(nc(NC(=O)OC(C)(C)C)n(C(=O)OC(C)(C)C)c4=O)N3C(=O)OC(C)(C)C)C(O)(O)C2O1. The number of phosphoric acid groups is 1. The van der Waals surface area contributed by atoms with Crippen LogP contribution in [0, 0.1) is 5.92 Å². The van der Waals surface area contributed by atoms with Crippen molar-refractivity contribution in [3.05, 3.63) is 15.9 Å². The van der Waals surface area contributed by atoms with Crippen molar-refractivity contribution in [2.75, 3.05) is 23.9 Å². The quantitative estimate of drug-likeness (QED) is 0.233. The lowest BCUT2D eigenvalue weighted by atomic mass is 9.79. The number of fused-ring (bicyclic) bond motifs is 3. The molecule has 18 nitrogen and oxygen atoms in total. The number of amides is 2. The van der Waals surface area contributed by atoms with E-state index in [-0.39, 0.29) is 5.56 Å². The van der Waals surface area contributed by atoms with Crippen molar-refractivity contribution in [2.45, 2.75) is 110 Å². The van der Waals surface area contributed by atoms with Crippen molar-refractivity contribution in [1.82, 2.24) is 9.55 Å². The van der Waals surface area contributed by atoms with Gasteiger partial charge in [-0.05, 0) is 68.7 Å². The van der Waals surface area contributed by atoms with Crippen LogP contribution in [0.2, 0.25) is 0 Å². The van der Waals surface area contributed by atoms with Crippen molar-refractivity contribution in [2.24, 2.45) is 5.92 Å². The highest BCUT2D eigenvalue weighted by atomic mass is 31.2. The number of hydrogen-bond acceptors (Lipinski definition) is 15. The second kappa shape index (κ2) is 11.8. The average Bonchev–Trinajstić information content (AvgIpc) is 2.85. The van der Waals surface area contributed by atoms with Crippen LogP contribution in [-0.4, -0.2) is 92.8 Å². The molecule has 0 bridgehead atoms. The third kappa shape index (κ3) is 7.38. The van der Waals surface area contributed by atoms with Crippen LogP contribution in [0.3, 0.4) is 0 Å². The Morgan fingerprint density at radius 1 is 0.978 bits per heavy atom. The molecule has 2 saturated heterocycles. The summed E-state index contributed by atoms with van der Waals surface area (Å²) in [5.74, 6) is -5.57. The van der Waals surface area contributed by atoms with Gasteiger partial charge in [-0.1, -0.05) is 0 Å². The van der Waals surface area contributed by atoms with E-state index in [0.717, 1.165) is 12.0 Å². The first-order valence-corrected chi connectivity index (χ1v) is 15.8. The van der Waals surface area contributed by atoms with Gasteiger partial charge < -0.3 is 29.2 Å². The van der Waals surface area contributed by atoms with Crippen LogP contribution in [0.5, 0.6) is 0 Å². The average molecular weight is 677 g/mol. The lowest BCUT2D eigenvalue weighted by molar-refractivity contribution is -0.340. The summed E-state index contributed by atoms with van der Waals surface area (Å²) < 4.78 is 50.8. The van der Waals surface area contributed by atoms with Gasteiger partial charge in [0.25, 0.3) is 5.56 Å². The van der Waals surface area contributed by atoms with E-state index in [1.165, 1.54) is 0 Å². The van der Waals surface area contributed by atoms with Crippen LogP contribution < -0.4 is 15.8 Å². The van der Waals surface area contributed by atoms with Gasteiger partial charge in [0.2, 0.25) is 11.7 Å². The number of aromatic nitrogens is 2. The zero-order valence-electron chi connectivity index (χ0n) is 27.3. The minimum Gasteiger partial charge on any atom is -0.444 e.